The summed E-state index contributed by atoms with van der Waals surface area (Å²) in [6.45, 7) is 5.12. The van der Waals surface area contributed by atoms with Crippen LogP contribution in [0.4, 0.5) is 5.69 Å². The Morgan fingerprint density at radius 1 is 1.40 bits per heavy atom. The van der Waals surface area contributed by atoms with Gasteiger partial charge >= 0.3 is 0 Å². The molecule has 1 aliphatic carbocycles. The fourth-order valence-corrected chi connectivity index (χ4v) is 3.28. The number of anilines is 1. The highest BCUT2D eigenvalue weighted by atomic mass is 79.9. The van der Waals surface area contributed by atoms with Crippen molar-refractivity contribution in [3.8, 4) is 0 Å². The zero-order valence-electron chi connectivity index (χ0n) is 12.2. The minimum Gasteiger partial charge on any atom is -0.399 e. The summed E-state index contributed by atoms with van der Waals surface area (Å²) in [6.07, 6.45) is 4.70. The fraction of sp³-hybridized carbons (Fsp3) is 0.562. The molecule has 4 heteroatoms. The van der Waals surface area contributed by atoms with Crippen LogP contribution in [0.3, 0.4) is 0 Å². The van der Waals surface area contributed by atoms with Gasteiger partial charge in [-0.15, -0.1) is 0 Å². The van der Waals surface area contributed by atoms with Crippen molar-refractivity contribution in [3.63, 3.8) is 0 Å². The van der Waals surface area contributed by atoms with E-state index in [0.717, 1.165) is 23.9 Å². The van der Waals surface area contributed by atoms with Crippen LogP contribution in [-0.4, -0.2) is 23.4 Å². The van der Waals surface area contributed by atoms with Gasteiger partial charge in [0.1, 0.15) is 0 Å². The van der Waals surface area contributed by atoms with Gasteiger partial charge in [-0.05, 0) is 52.9 Å². The van der Waals surface area contributed by atoms with E-state index in [2.05, 4.69) is 34.7 Å². The van der Waals surface area contributed by atoms with Crippen LogP contribution in [0, 0.1) is 5.92 Å². The molecule has 1 fully saturated rings. The third-order valence-electron chi connectivity index (χ3n) is 3.81. The van der Waals surface area contributed by atoms with Crippen molar-refractivity contribution in [2.24, 2.45) is 5.92 Å². The standard InChI is InChI=1S/C16H23BrN2O/c1-11(2)10-19(13-5-3-4-6-13)16(20)14-9-12(18)7-8-15(14)17/h7-9,11,13H,3-6,10,18H2,1-2H3. The Labute approximate surface area is 129 Å². The van der Waals surface area contributed by atoms with E-state index < -0.39 is 0 Å². The first-order valence-corrected chi connectivity index (χ1v) is 8.14. The Morgan fingerprint density at radius 3 is 2.65 bits per heavy atom. The van der Waals surface area contributed by atoms with Crippen molar-refractivity contribution in [1.82, 2.24) is 4.90 Å². The van der Waals surface area contributed by atoms with E-state index >= 15 is 0 Å². The van der Waals surface area contributed by atoms with Gasteiger partial charge in [-0.3, -0.25) is 4.79 Å². The van der Waals surface area contributed by atoms with Crippen molar-refractivity contribution in [1.29, 1.82) is 0 Å². The summed E-state index contributed by atoms with van der Waals surface area (Å²) in [5.41, 5.74) is 7.14. The van der Waals surface area contributed by atoms with Crippen molar-refractivity contribution < 1.29 is 4.79 Å². The first-order valence-electron chi connectivity index (χ1n) is 7.35. The van der Waals surface area contributed by atoms with Gasteiger partial charge in [0.05, 0.1) is 5.56 Å². The van der Waals surface area contributed by atoms with Gasteiger partial charge in [-0.1, -0.05) is 26.7 Å². The lowest BCUT2D eigenvalue weighted by molar-refractivity contribution is 0.0654. The van der Waals surface area contributed by atoms with Crippen molar-refractivity contribution in [3.05, 3.63) is 28.2 Å². The molecule has 2 N–H and O–H groups in total. The largest absolute Gasteiger partial charge is 0.399 e. The van der Waals surface area contributed by atoms with Gasteiger partial charge < -0.3 is 10.6 Å². The summed E-state index contributed by atoms with van der Waals surface area (Å²) in [6, 6.07) is 5.82. The lowest BCUT2D eigenvalue weighted by Crippen LogP contribution is -2.41. The van der Waals surface area contributed by atoms with E-state index in [1.165, 1.54) is 12.8 Å². The molecule has 1 amide bonds. The van der Waals surface area contributed by atoms with Gasteiger partial charge in [-0.25, -0.2) is 0 Å². The molecule has 1 aliphatic rings. The Kier molecular flexibility index (Phi) is 5.08. The first kappa shape index (κ1) is 15.4. The van der Waals surface area contributed by atoms with E-state index in [0.29, 0.717) is 23.2 Å². The third-order valence-corrected chi connectivity index (χ3v) is 4.50. The number of carbonyl (C=O) groups excluding carboxylic acids is 1. The number of hydrogen-bond acceptors (Lipinski definition) is 2. The molecule has 0 saturated heterocycles. The second-order valence-electron chi connectivity index (χ2n) is 6.03. The maximum Gasteiger partial charge on any atom is 0.255 e. The lowest BCUT2D eigenvalue weighted by atomic mass is 10.1. The summed E-state index contributed by atoms with van der Waals surface area (Å²) in [5, 5.41) is 0. The van der Waals surface area contributed by atoms with Crippen molar-refractivity contribution in [2.75, 3.05) is 12.3 Å². The van der Waals surface area contributed by atoms with Gasteiger partial charge in [0.2, 0.25) is 0 Å². The molecule has 0 atom stereocenters. The summed E-state index contributed by atoms with van der Waals surface area (Å²) in [4.78, 5) is 14.9. The normalized spacial score (nSPS) is 15.8. The summed E-state index contributed by atoms with van der Waals surface area (Å²) in [7, 11) is 0. The molecule has 20 heavy (non-hydrogen) atoms. The topological polar surface area (TPSA) is 46.3 Å². The van der Waals surface area contributed by atoms with E-state index in [-0.39, 0.29) is 5.91 Å². The van der Waals surface area contributed by atoms with Crippen LogP contribution >= 0.6 is 15.9 Å². The average Bonchev–Trinajstić information content (AvgIpc) is 2.91. The van der Waals surface area contributed by atoms with E-state index in [9.17, 15) is 4.79 Å². The maximum absolute atomic E-state index is 12.9. The summed E-state index contributed by atoms with van der Waals surface area (Å²) < 4.78 is 0.823. The number of halogens is 1. The van der Waals surface area contributed by atoms with Gasteiger partial charge in [-0.2, -0.15) is 0 Å². The van der Waals surface area contributed by atoms with E-state index in [1.54, 1.807) is 6.07 Å². The van der Waals surface area contributed by atoms with Crippen molar-refractivity contribution in [2.45, 2.75) is 45.6 Å². The summed E-state index contributed by atoms with van der Waals surface area (Å²) >= 11 is 3.47. The quantitative estimate of drug-likeness (QED) is 0.841. The third kappa shape index (κ3) is 3.54. The summed E-state index contributed by atoms with van der Waals surface area (Å²) in [5.74, 6) is 0.573. The van der Waals surface area contributed by atoms with Gasteiger partial charge in [0.15, 0.2) is 0 Å². The Hall–Kier alpha value is -1.03. The van der Waals surface area contributed by atoms with Crippen LogP contribution in [0.2, 0.25) is 0 Å². The Morgan fingerprint density at radius 2 is 2.05 bits per heavy atom. The molecule has 1 saturated carbocycles. The Bertz CT molecular complexity index is 481. The molecule has 3 nitrogen and oxygen atoms in total. The van der Waals surface area contributed by atoms with Crippen LogP contribution < -0.4 is 5.73 Å². The molecule has 1 aromatic rings. The fourth-order valence-electron chi connectivity index (χ4n) is 2.87. The molecule has 0 aliphatic heterocycles. The van der Waals surface area contributed by atoms with Gasteiger partial charge in [0, 0.05) is 22.7 Å². The van der Waals surface area contributed by atoms with Crippen LogP contribution in [0.25, 0.3) is 0 Å². The SMILES string of the molecule is CC(C)CN(C(=O)c1cc(N)ccc1Br)C1CCCC1. The zero-order valence-corrected chi connectivity index (χ0v) is 13.8. The molecule has 0 aromatic heterocycles. The molecule has 0 heterocycles. The maximum atomic E-state index is 12.9. The molecule has 0 unspecified atom stereocenters. The molecule has 0 spiro atoms. The molecule has 2 rings (SSSR count). The number of benzene rings is 1. The predicted molar refractivity (Wildman–Crippen MR) is 86.7 cm³/mol. The van der Waals surface area contributed by atoms with Crippen LogP contribution in [0.5, 0.6) is 0 Å². The smallest absolute Gasteiger partial charge is 0.255 e. The van der Waals surface area contributed by atoms with Gasteiger partial charge in [0.25, 0.3) is 5.91 Å². The number of hydrogen-bond donors (Lipinski definition) is 1. The predicted octanol–water partition coefficient (Wildman–Crippen LogP) is 4.07. The zero-order chi connectivity index (χ0) is 14.7. The molecular formula is C16H23BrN2O. The number of amides is 1. The average molecular weight is 339 g/mol. The van der Waals surface area contributed by atoms with E-state index in [4.69, 9.17) is 5.73 Å². The highest BCUT2D eigenvalue weighted by Crippen LogP contribution is 2.28. The number of nitrogen functional groups attached to an aromatic ring is 1. The molecule has 110 valence electrons. The number of rotatable bonds is 4. The van der Waals surface area contributed by atoms with Crippen molar-refractivity contribution >= 4 is 27.5 Å². The number of nitrogens with two attached hydrogens (primary N) is 1. The highest BCUT2D eigenvalue weighted by Gasteiger charge is 2.28. The number of carbonyl (C=O) groups is 1. The molecule has 0 radical (unpaired) electrons. The molecule has 0 bridgehead atoms. The van der Waals surface area contributed by atoms with Crippen LogP contribution in [0.1, 0.15) is 49.9 Å². The minimum atomic E-state index is 0.102. The van der Waals surface area contributed by atoms with Crippen LogP contribution in [0.15, 0.2) is 22.7 Å². The van der Waals surface area contributed by atoms with E-state index in [1.807, 2.05) is 12.1 Å². The molecular weight excluding hydrogens is 316 g/mol. The number of nitrogens with zero attached hydrogens (tertiary/aromatic N) is 1. The lowest BCUT2D eigenvalue weighted by Gasteiger charge is -2.31. The monoisotopic (exact) mass is 338 g/mol. The highest BCUT2D eigenvalue weighted by molar-refractivity contribution is 9.10. The van der Waals surface area contributed by atoms with Crippen LogP contribution in [-0.2, 0) is 0 Å². The second kappa shape index (κ2) is 6.61. The Balaban J connectivity index is 2.27. The first-order chi connectivity index (χ1) is 9.49. The second-order valence-corrected chi connectivity index (χ2v) is 6.88. The molecule has 1 aromatic carbocycles. The minimum absolute atomic E-state index is 0.102.